The highest BCUT2D eigenvalue weighted by molar-refractivity contribution is 5.58. The van der Waals surface area contributed by atoms with Crippen LogP contribution in [0, 0.1) is 11.3 Å². The molecule has 4 N–H and O–H groups in total. The van der Waals surface area contributed by atoms with Crippen molar-refractivity contribution >= 4 is 11.5 Å². The number of pyridine rings is 1. The van der Waals surface area contributed by atoms with Gasteiger partial charge < -0.3 is 16.2 Å². The quantitative estimate of drug-likeness (QED) is 0.709. The maximum atomic E-state index is 9.56. The molecule has 1 aromatic heterocycles. The van der Waals surface area contributed by atoms with Gasteiger partial charge in [0.25, 0.3) is 0 Å². The molecule has 1 heterocycles. The molecule has 5 nitrogen and oxygen atoms in total. The van der Waals surface area contributed by atoms with E-state index in [0.717, 1.165) is 0 Å². The van der Waals surface area contributed by atoms with Gasteiger partial charge in [-0.15, -0.1) is 0 Å². The van der Waals surface area contributed by atoms with Crippen molar-refractivity contribution < 1.29 is 5.11 Å². The number of aliphatic hydroxyl groups excluding tert-OH is 1. The monoisotopic (exact) mass is 220 g/mol. The zero-order valence-electron chi connectivity index (χ0n) is 9.65. The Bertz CT molecular complexity index is 420. The third kappa shape index (κ3) is 2.61. The van der Waals surface area contributed by atoms with Gasteiger partial charge in [-0.2, -0.15) is 5.26 Å². The van der Waals surface area contributed by atoms with E-state index in [1.54, 1.807) is 13.0 Å². The molecule has 0 amide bonds. The van der Waals surface area contributed by atoms with Crippen LogP contribution < -0.4 is 11.1 Å². The summed E-state index contributed by atoms with van der Waals surface area (Å²) >= 11 is 0. The number of nitrogens with two attached hydrogens (primary N) is 1. The summed E-state index contributed by atoms with van der Waals surface area (Å²) < 4.78 is 0. The zero-order chi connectivity index (χ0) is 12.3. The van der Waals surface area contributed by atoms with Gasteiger partial charge >= 0.3 is 0 Å². The number of hydrogen-bond acceptors (Lipinski definition) is 5. The fraction of sp³-hybridized carbons (Fsp3) is 0.455. The standard InChI is InChI=1S/C11H16N4O/c1-7(16)11(2,3)15-10-8(5-12)4-9(13)6-14-10/h4,6-7,16H,13H2,1-3H3,(H,14,15). The molecule has 0 aliphatic rings. The first-order valence-corrected chi connectivity index (χ1v) is 4.98. The first kappa shape index (κ1) is 12.3. The number of nitrogen functional groups attached to an aromatic ring is 1. The summed E-state index contributed by atoms with van der Waals surface area (Å²) in [6.45, 7) is 5.34. The van der Waals surface area contributed by atoms with Crippen molar-refractivity contribution in [2.45, 2.75) is 32.4 Å². The Morgan fingerprint density at radius 3 is 2.75 bits per heavy atom. The number of nitrogens with one attached hydrogen (secondary N) is 1. The second-order valence-corrected chi connectivity index (χ2v) is 4.30. The maximum absolute atomic E-state index is 9.56. The van der Waals surface area contributed by atoms with Crippen LogP contribution >= 0.6 is 0 Å². The number of hydrogen-bond donors (Lipinski definition) is 3. The molecule has 1 atom stereocenters. The predicted octanol–water partition coefficient (Wildman–Crippen LogP) is 1.11. The lowest BCUT2D eigenvalue weighted by molar-refractivity contribution is 0.133. The Kier molecular flexibility index (Phi) is 3.35. The summed E-state index contributed by atoms with van der Waals surface area (Å²) in [5.74, 6) is 0.433. The fourth-order valence-corrected chi connectivity index (χ4v) is 1.08. The number of nitrogens with zero attached hydrogens (tertiary/aromatic N) is 2. The maximum Gasteiger partial charge on any atom is 0.144 e. The van der Waals surface area contributed by atoms with E-state index in [0.29, 0.717) is 17.1 Å². The van der Waals surface area contributed by atoms with E-state index in [-0.39, 0.29) is 0 Å². The second kappa shape index (κ2) is 4.37. The molecule has 5 heteroatoms. The summed E-state index contributed by atoms with van der Waals surface area (Å²) in [5, 5.41) is 21.5. The Balaban J connectivity index is 3.03. The van der Waals surface area contributed by atoms with Crippen molar-refractivity contribution in [3.05, 3.63) is 17.8 Å². The molecular formula is C11H16N4O. The van der Waals surface area contributed by atoms with Gasteiger partial charge in [0.05, 0.1) is 29.1 Å². The SMILES string of the molecule is CC(O)C(C)(C)Nc1ncc(N)cc1C#N. The van der Waals surface area contributed by atoms with Crippen molar-refractivity contribution in [1.29, 1.82) is 5.26 Å². The lowest BCUT2D eigenvalue weighted by atomic mass is 9.98. The summed E-state index contributed by atoms with van der Waals surface area (Å²) in [6.07, 6.45) is 0.903. The van der Waals surface area contributed by atoms with E-state index < -0.39 is 11.6 Å². The van der Waals surface area contributed by atoms with Gasteiger partial charge in [-0.25, -0.2) is 4.98 Å². The van der Waals surface area contributed by atoms with Crippen LogP contribution in [0.25, 0.3) is 0 Å². The topological polar surface area (TPSA) is 95.0 Å². The van der Waals surface area contributed by atoms with E-state index in [9.17, 15) is 5.11 Å². The molecule has 0 saturated heterocycles. The van der Waals surface area contributed by atoms with Crippen molar-refractivity contribution in [2.75, 3.05) is 11.1 Å². The van der Waals surface area contributed by atoms with Crippen LogP contribution in [0.1, 0.15) is 26.3 Å². The number of aliphatic hydroxyl groups is 1. The molecule has 0 aromatic carbocycles. The van der Waals surface area contributed by atoms with Crippen molar-refractivity contribution in [2.24, 2.45) is 0 Å². The van der Waals surface area contributed by atoms with Crippen LogP contribution in [0.4, 0.5) is 11.5 Å². The predicted molar refractivity (Wildman–Crippen MR) is 62.7 cm³/mol. The molecule has 0 aliphatic heterocycles. The molecule has 0 aliphatic carbocycles. The number of nitriles is 1. The third-order valence-corrected chi connectivity index (χ3v) is 2.51. The molecule has 1 aromatic rings. The third-order valence-electron chi connectivity index (χ3n) is 2.51. The molecule has 16 heavy (non-hydrogen) atoms. The minimum atomic E-state index is -0.571. The van der Waals surface area contributed by atoms with Crippen LogP contribution in [-0.2, 0) is 0 Å². The lowest BCUT2D eigenvalue weighted by Gasteiger charge is -2.30. The first-order chi connectivity index (χ1) is 7.36. The van der Waals surface area contributed by atoms with E-state index in [2.05, 4.69) is 10.3 Å². The normalized spacial score (nSPS) is 12.9. The highest BCUT2D eigenvalue weighted by atomic mass is 16.3. The summed E-state index contributed by atoms with van der Waals surface area (Å²) in [4.78, 5) is 4.05. The summed E-state index contributed by atoms with van der Waals surface area (Å²) in [6, 6.07) is 3.56. The molecule has 86 valence electrons. The molecular weight excluding hydrogens is 204 g/mol. The second-order valence-electron chi connectivity index (χ2n) is 4.30. The van der Waals surface area contributed by atoms with Crippen molar-refractivity contribution in [1.82, 2.24) is 4.98 Å². The molecule has 0 bridgehead atoms. The molecule has 1 rings (SSSR count). The Morgan fingerprint density at radius 2 is 2.25 bits per heavy atom. The highest BCUT2D eigenvalue weighted by Crippen LogP contribution is 2.20. The van der Waals surface area contributed by atoms with Crippen LogP contribution in [0.5, 0.6) is 0 Å². The van der Waals surface area contributed by atoms with E-state index in [1.165, 1.54) is 6.20 Å². The zero-order valence-corrected chi connectivity index (χ0v) is 9.65. The molecule has 0 radical (unpaired) electrons. The fourth-order valence-electron chi connectivity index (χ4n) is 1.08. The van der Waals surface area contributed by atoms with E-state index in [4.69, 9.17) is 11.0 Å². The largest absolute Gasteiger partial charge is 0.397 e. The lowest BCUT2D eigenvalue weighted by Crippen LogP contribution is -2.42. The highest BCUT2D eigenvalue weighted by Gasteiger charge is 2.25. The molecule has 0 fully saturated rings. The number of anilines is 2. The van der Waals surface area contributed by atoms with Crippen LogP contribution in [0.3, 0.4) is 0 Å². The number of rotatable bonds is 3. The van der Waals surface area contributed by atoms with Gasteiger partial charge in [-0.3, -0.25) is 0 Å². The average Bonchev–Trinajstić information content (AvgIpc) is 2.20. The van der Waals surface area contributed by atoms with Gasteiger partial charge in [-0.05, 0) is 26.8 Å². The molecule has 1 unspecified atom stereocenters. The number of aromatic nitrogens is 1. The van der Waals surface area contributed by atoms with E-state index >= 15 is 0 Å². The molecule has 0 spiro atoms. The van der Waals surface area contributed by atoms with Crippen LogP contribution in [-0.4, -0.2) is 21.7 Å². The minimum absolute atomic E-state index is 0.369. The Hall–Kier alpha value is -1.80. The van der Waals surface area contributed by atoms with Gasteiger partial charge in [-0.1, -0.05) is 0 Å². The summed E-state index contributed by atoms with van der Waals surface area (Å²) in [5.41, 5.74) is 5.79. The molecule has 0 saturated carbocycles. The van der Waals surface area contributed by atoms with Crippen LogP contribution in [0.2, 0.25) is 0 Å². The van der Waals surface area contributed by atoms with Gasteiger partial charge in [0.15, 0.2) is 0 Å². The minimum Gasteiger partial charge on any atom is -0.397 e. The Labute approximate surface area is 94.9 Å². The van der Waals surface area contributed by atoms with E-state index in [1.807, 2.05) is 19.9 Å². The van der Waals surface area contributed by atoms with Gasteiger partial charge in [0.1, 0.15) is 11.9 Å². The van der Waals surface area contributed by atoms with Crippen molar-refractivity contribution in [3.63, 3.8) is 0 Å². The summed E-state index contributed by atoms with van der Waals surface area (Å²) in [7, 11) is 0. The van der Waals surface area contributed by atoms with Gasteiger partial charge in [0.2, 0.25) is 0 Å². The average molecular weight is 220 g/mol. The Morgan fingerprint density at radius 1 is 1.62 bits per heavy atom. The van der Waals surface area contributed by atoms with Gasteiger partial charge in [0, 0.05) is 0 Å². The first-order valence-electron chi connectivity index (χ1n) is 4.98. The van der Waals surface area contributed by atoms with Crippen molar-refractivity contribution in [3.8, 4) is 6.07 Å². The van der Waals surface area contributed by atoms with Crippen LogP contribution in [0.15, 0.2) is 12.3 Å². The smallest absolute Gasteiger partial charge is 0.144 e.